The molecule has 10 heavy (non-hydrogen) atoms. The van der Waals surface area contributed by atoms with Crippen LogP contribution in [0.25, 0.3) is 0 Å². The molecule has 2 heteroatoms. The number of hydrogen-bond donors (Lipinski definition) is 1. The Bertz CT molecular complexity index is 193. The average Bonchev–Trinajstić information content (AvgIpc) is 2.36. The third kappa shape index (κ3) is 1.58. The summed E-state index contributed by atoms with van der Waals surface area (Å²) in [6.07, 6.45) is 2.26. The minimum absolute atomic E-state index is 0.193. The minimum Gasteiger partial charge on any atom is -0.392 e. The Kier molecular flexibility index (Phi) is 2.90. The van der Waals surface area contributed by atoms with Gasteiger partial charge < -0.3 is 5.11 Å². The highest BCUT2D eigenvalue weighted by Crippen LogP contribution is 2.17. The Hall–Kier alpha value is -0.340. The summed E-state index contributed by atoms with van der Waals surface area (Å²) in [4.78, 5) is 1.34. The van der Waals surface area contributed by atoms with E-state index in [2.05, 4.69) is 6.92 Å². The van der Waals surface area contributed by atoms with E-state index >= 15 is 0 Å². The fourth-order valence-corrected chi connectivity index (χ4v) is 1.96. The molecule has 0 atom stereocenters. The van der Waals surface area contributed by atoms with Crippen LogP contribution in [0.1, 0.15) is 23.8 Å². The van der Waals surface area contributed by atoms with Gasteiger partial charge in [-0.2, -0.15) is 0 Å². The van der Waals surface area contributed by atoms with Gasteiger partial charge in [-0.1, -0.05) is 13.3 Å². The van der Waals surface area contributed by atoms with Crippen LogP contribution in [0.4, 0.5) is 0 Å². The zero-order valence-electron chi connectivity index (χ0n) is 6.13. The quantitative estimate of drug-likeness (QED) is 0.711. The van der Waals surface area contributed by atoms with Crippen molar-refractivity contribution in [2.24, 2.45) is 0 Å². The van der Waals surface area contributed by atoms with Gasteiger partial charge in [-0.3, -0.25) is 0 Å². The first-order valence-electron chi connectivity index (χ1n) is 3.54. The summed E-state index contributed by atoms with van der Waals surface area (Å²) in [6.45, 7) is 2.35. The van der Waals surface area contributed by atoms with Crippen LogP contribution in [-0.4, -0.2) is 5.11 Å². The zero-order chi connectivity index (χ0) is 7.40. The molecule has 0 radical (unpaired) electrons. The van der Waals surface area contributed by atoms with Gasteiger partial charge in [0, 0.05) is 4.88 Å². The highest BCUT2D eigenvalue weighted by Gasteiger charge is 1.99. The number of aryl methyl sites for hydroxylation is 1. The van der Waals surface area contributed by atoms with Crippen LogP contribution >= 0.6 is 11.3 Å². The fourth-order valence-electron chi connectivity index (χ4n) is 0.954. The van der Waals surface area contributed by atoms with Gasteiger partial charge in [0.1, 0.15) is 0 Å². The predicted octanol–water partition coefficient (Wildman–Crippen LogP) is 2.19. The first kappa shape index (κ1) is 7.76. The number of hydrogen-bond acceptors (Lipinski definition) is 2. The highest BCUT2D eigenvalue weighted by atomic mass is 32.1. The summed E-state index contributed by atoms with van der Waals surface area (Å²) >= 11 is 1.74. The normalized spacial score (nSPS) is 10.2. The lowest BCUT2D eigenvalue weighted by Gasteiger charge is -1.95. The molecular formula is C8H12OS. The van der Waals surface area contributed by atoms with Crippen LogP contribution in [0, 0.1) is 0 Å². The van der Waals surface area contributed by atoms with Crippen LogP contribution in [0.15, 0.2) is 11.4 Å². The van der Waals surface area contributed by atoms with E-state index in [4.69, 9.17) is 5.11 Å². The molecule has 1 nitrogen and oxygen atoms in total. The van der Waals surface area contributed by atoms with E-state index < -0.39 is 0 Å². The van der Waals surface area contributed by atoms with Crippen molar-refractivity contribution >= 4 is 11.3 Å². The molecule has 1 aromatic heterocycles. The summed E-state index contributed by atoms with van der Waals surface area (Å²) in [5.74, 6) is 0. The molecule has 0 saturated carbocycles. The molecule has 0 unspecified atom stereocenters. The van der Waals surface area contributed by atoms with Crippen molar-refractivity contribution in [3.8, 4) is 0 Å². The molecule has 0 fully saturated rings. The van der Waals surface area contributed by atoms with Crippen LogP contribution in [0.2, 0.25) is 0 Å². The molecule has 0 aliphatic carbocycles. The van der Waals surface area contributed by atoms with Gasteiger partial charge in [0.25, 0.3) is 0 Å². The first-order valence-corrected chi connectivity index (χ1v) is 4.42. The van der Waals surface area contributed by atoms with Gasteiger partial charge >= 0.3 is 0 Å². The lowest BCUT2D eigenvalue weighted by molar-refractivity contribution is 0.281. The Labute approximate surface area is 65.3 Å². The predicted molar refractivity (Wildman–Crippen MR) is 44.2 cm³/mol. The lowest BCUT2D eigenvalue weighted by Crippen LogP contribution is -1.85. The number of rotatable bonds is 3. The van der Waals surface area contributed by atoms with Gasteiger partial charge in [0.15, 0.2) is 0 Å². The van der Waals surface area contributed by atoms with Crippen molar-refractivity contribution in [2.75, 3.05) is 0 Å². The molecule has 1 heterocycles. The molecule has 0 aromatic carbocycles. The summed E-state index contributed by atoms with van der Waals surface area (Å²) in [7, 11) is 0. The summed E-state index contributed by atoms with van der Waals surface area (Å²) < 4.78 is 0. The number of aliphatic hydroxyl groups excluding tert-OH is 1. The Balaban J connectivity index is 2.70. The number of thiophene rings is 1. The van der Waals surface area contributed by atoms with Crippen molar-refractivity contribution in [2.45, 2.75) is 26.4 Å². The fraction of sp³-hybridized carbons (Fsp3) is 0.500. The van der Waals surface area contributed by atoms with Crippen LogP contribution in [0.3, 0.4) is 0 Å². The van der Waals surface area contributed by atoms with Crippen molar-refractivity contribution in [3.63, 3.8) is 0 Å². The Morgan fingerprint density at radius 2 is 2.40 bits per heavy atom. The van der Waals surface area contributed by atoms with Gasteiger partial charge in [-0.15, -0.1) is 11.3 Å². The van der Waals surface area contributed by atoms with Gasteiger partial charge in [0.05, 0.1) is 6.61 Å². The highest BCUT2D eigenvalue weighted by molar-refractivity contribution is 7.10. The molecule has 56 valence electrons. The average molecular weight is 156 g/mol. The zero-order valence-corrected chi connectivity index (χ0v) is 6.95. The Morgan fingerprint density at radius 3 is 3.00 bits per heavy atom. The second-order valence-electron chi connectivity index (χ2n) is 2.28. The van der Waals surface area contributed by atoms with E-state index in [1.165, 1.54) is 4.88 Å². The molecule has 1 rings (SSSR count). The maximum atomic E-state index is 8.84. The van der Waals surface area contributed by atoms with Gasteiger partial charge in [-0.25, -0.2) is 0 Å². The summed E-state index contributed by atoms with van der Waals surface area (Å²) in [6, 6.07) is 2.00. The van der Waals surface area contributed by atoms with Crippen molar-refractivity contribution < 1.29 is 5.11 Å². The van der Waals surface area contributed by atoms with Crippen molar-refractivity contribution in [1.29, 1.82) is 0 Å². The molecular weight excluding hydrogens is 144 g/mol. The minimum atomic E-state index is 0.193. The van der Waals surface area contributed by atoms with E-state index in [1.807, 2.05) is 11.4 Å². The molecule has 0 bridgehead atoms. The van der Waals surface area contributed by atoms with Gasteiger partial charge in [-0.05, 0) is 23.4 Å². The SMILES string of the molecule is CCCc1sccc1CO. The second kappa shape index (κ2) is 3.74. The topological polar surface area (TPSA) is 20.2 Å². The maximum absolute atomic E-state index is 8.84. The van der Waals surface area contributed by atoms with Crippen molar-refractivity contribution in [3.05, 3.63) is 21.9 Å². The molecule has 0 spiro atoms. The maximum Gasteiger partial charge on any atom is 0.0692 e. The summed E-state index contributed by atoms with van der Waals surface area (Å²) in [5.41, 5.74) is 1.10. The molecule has 0 aliphatic rings. The standard InChI is InChI=1S/C8H12OS/c1-2-3-8-7(6-9)4-5-10-8/h4-5,9H,2-3,6H2,1H3. The second-order valence-corrected chi connectivity index (χ2v) is 3.28. The van der Waals surface area contributed by atoms with E-state index in [9.17, 15) is 0 Å². The van der Waals surface area contributed by atoms with Crippen LogP contribution in [-0.2, 0) is 13.0 Å². The van der Waals surface area contributed by atoms with E-state index in [0.717, 1.165) is 18.4 Å². The third-order valence-corrected chi connectivity index (χ3v) is 2.51. The van der Waals surface area contributed by atoms with Gasteiger partial charge in [0.2, 0.25) is 0 Å². The lowest BCUT2D eigenvalue weighted by atomic mass is 10.2. The summed E-state index contributed by atoms with van der Waals surface area (Å²) in [5, 5.41) is 10.9. The van der Waals surface area contributed by atoms with E-state index in [-0.39, 0.29) is 6.61 Å². The molecule has 0 aliphatic heterocycles. The smallest absolute Gasteiger partial charge is 0.0692 e. The van der Waals surface area contributed by atoms with Crippen molar-refractivity contribution in [1.82, 2.24) is 0 Å². The van der Waals surface area contributed by atoms with E-state index in [1.54, 1.807) is 11.3 Å². The van der Waals surface area contributed by atoms with Crippen LogP contribution in [0.5, 0.6) is 0 Å². The Morgan fingerprint density at radius 1 is 1.60 bits per heavy atom. The number of aliphatic hydroxyl groups is 1. The molecule has 0 amide bonds. The third-order valence-electron chi connectivity index (χ3n) is 1.49. The largest absolute Gasteiger partial charge is 0.392 e. The monoisotopic (exact) mass is 156 g/mol. The molecule has 1 N–H and O–H groups in total. The van der Waals surface area contributed by atoms with E-state index in [0.29, 0.717) is 0 Å². The molecule has 1 aromatic rings. The first-order chi connectivity index (χ1) is 4.88. The molecule has 0 saturated heterocycles. The van der Waals surface area contributed by atoms with Crippen LogP contribution < -0.4 is 0 Å².